The molecule has 1 unspecified atom stereocenters. The fraction of sp³-hybridized carbons (Fsp3) is 0.486. The lowest BCUT2D eigenvalue weighted by molar-refractivity contribution is 0.0231. The fourth-order valence-corrected chi connectivity index (χ4v) is 8.34. The third-order valence-electron chi connectivity index (χ3n) is 10.6. The predicted octanol–water partition coefficient (Wildman–Crippen LogP) is 8.14. The van der Waals surface area contributed by atoms with Gasteiger partial charge in [0, 0.05) is 53.5 Å². The number of fused-ring (bicyclic) bond motifs is 2. The standard InChI is InChI=1S/C35H42N4/c1-6-13-35(14-8-15-35)24-11-16-39(17-12-24)30-19-29-28(21-38-30)25(7-2)31-26-10-9-23(22(3)20-36)18-27(26)33(37)32(31)34(29,4)5/h9-10,19-21,23-24,36-37H,2-3,6,8,11-18H2,1,4-5H3. The summed E-state index contributed by atoms with van der Waals surface area (Å²) in [6.45, 7) is 17.2. The maximum absolute atomic E-state index is 9.31. The second-order valence-corrected chi connectivity index (χ2v) is 12.9. The Morgan fingerprint density at radius 3 is 2.62 bits per heavy atom. The predicted molar refractivity (Wildman–Crippen MR) is 163 cm³/mol. The zero-order valence-electron chi connectivity index (χ0n) is 23.9. The second kappa shape index (κ2) is 9.45. The van der Waals surface area contributed by atoms with E-state index in [-0.39, 0.29) is 11.3 Å². The normalized spacial score (nSPS) is 25.1. The van der Waals surface area contributed by atoms with Crippen molar-refractivity contribution in [3.05, 3.63) is 82.3 Å². The molecule has 6 rings (SSSR count). The van der Waals surface area contributed by atoms with Gasteiger partial charge in [0.2, 0.25) is 0 Å². The molecule has 0 bridgehead atoms. The van der Waals surface area contributed by atoms with Crippen molar-refractivity contribution in [2.75, 3.05) is 18.0 Å². The van der Waals surface area contributed by atoms with Crippen molar-refractivity contribution in [2.45, 2.75) is 77.6 Å². The van der Waals surface area contributed by atoms with E-state index >= 15 is 0 Å². The molecule has 2 N–H and O–H groups in total. The number of hydrogen-bond acceptors (Lipinski definition) is 4. The Hall–Kier alpha value is -3.23. The Kier molecular flexibility index (Phi) is 6.31. The second-order valence-electron chi connectivity index (χ2n) is 12.9. The summed E-state index contributed by atoms with van der Waals surface area (Å²) < 4.78 is 0. The van der Waals surface area contributed by atoms with Gasteiger partial charge in [-0.15, -0.1) is 5.73 Å². The lowest BCUT2D eigenvalue weighted by atomic mass is 9.57. The van der Waals surface area contributed by atoms with E-state index in [2.05, 4.69) is 62.8 Å². The molecule has 2 fully saturated rings. The van der Waals surface area contributed by atoms with Crippen LogP contribution < -0.4 is 4.90 Å². The number of nitrogens with zero attached hydrogens (tertiary/aromatic N) is 2. The maximum Gasteiger partial charge on any atom is 0.128 e. The molecule has 1 saturated heterocycles. The van der Waals surface area contributed by atoms with Gasteiger partial charge in [0.15, 0.2) is 0 Å². The van der Waals surface area contributed by atoms with Crippen molar-refractivity contribution < 1.29 is 0 Å². The number of nitrogens with one attached hydrogen (secondary N) is 2. The lowest BCUT2D eigenvalue weighted by Crippen LogP contribution is -2.44. The van der Waals surface area contributed by atoms with Crippen LogP contribution in [0.5, 0.6) is 0 Å². The van der Waals surface area contributed by atoms with Gasteiger partial charge < -0.3 is 15.7 Å². The van der Waals surface area contributed by atoms with Crippen LogP contribution in [0, 0.1) is 28.1 Å². The molecule has 4 heteroatoms. The highest BCUT2D eigenvalue weighted by atomic mass is 15.2. The molecule has 0 spiro atoms. The SMILES string of the molecule is C=C=C1C2=C(C(=N)C3=C2C=CC(C(=C)C=N)C3)C(C)(C)c2cc(N3CCC(C4(CCC)CCC4)CC3)ncc21. The van der Waals surface area contributed by atoms with Gasteiger partial charge in [-0.1, -0.05) is 58.9 Å². The molecule has 0 radical (unpaired) electrons. The van der Waals surface area contributed by atoms with Crippen molar-refractivity contribution in [1.82, 2.24) is 4.98 Å². The average molecular weight is 519 g/mol. The summed E-state index contributed by atoms with van der Waals surface area (Å²) in [5, 5.41) is 17.0. The topological polar surface area (TPSA) is 63.8 Å². The van der Waals surface area contributed by atoms with E-state index in [1.807, 2.05) is 6.20 Å². The first kappa shape index (κ1) is 26.0. The van der Waals surface area contributed by atoms with E-state index in [0.717, 1.165) is 63.8 Å². The number of pyridine rings is 1. The van der Waals surface area contributed by atoms with E-state index in [4.69, 9.17) is 10.4 Å². The lowest BCUT2D eigenvalue weighted by Gasteiger charge is -2.51. The van der Waals surface area contributed by atoms with Gasteiger partial charge in [-0.3, -0.25) is 0 Å². The van der Waals surface area contributed by atoms with Crippen LogP contribution in [-0.4, -0.2) is 30.0 Å². The molecule has 1 saturated carbocycles. The molecule has 2 heterocycles. The van der Waals surface area contributed by atoms with Crippen LogP contribution in [-0.2, 0) is 5.41 Å². The number of allylic oxidation sites excluding steroid dienone is 8. The van der Waals surface area contributed by atoms with E-state index in [9.17, 15) is 5.41 Å². The van der Waals surface area contributed by atoms with Gasteiger partial charge in [0.1, 0.15) is 5.82 Å². The minimum Gasteiger partial charge on any atom is -0.357 e. The first-order valence-corrected chi connectivity index (χ1v) is 14.9. The van der Waals surface area contributed by atoms with Crippen LogP contribution in [0.4, 0.5) is 5.82 Å². The molecule has 39 heavy (non-hydrogen) atoms. The fourth-order valence-electron chi connectivity index (χ4n) is 8.34. The molecule has 4 aliphatic carbocycles. The largest absolute Gasteiger partial charge is 0.357 e. The zero-order valence-corrected chi connectivity index (χ0v) is 23.9. The monoisotopic (exact) mass is 518 g/mol. The molecule has 1 aromatic rings. The summed E-state index contributed by atoms with van der Waals surface area (Å²) in [5.74, 6) is 1.99. The summed E-state index contributed by atoms with van der Waals surface area (Å²) >= 11 is 0. The highest BCUT2D eigenvalue weighted by molar-refractivity contribution is 6.21. The van der Waals surface area contributed by atoms with Gasteiger partial charge in [-0.25, -0.2) is 4.98 Å². The highest BCUT2D eigenvalue weighted by Crippen LogP contribution is 2.56. The van der Waals surface area contributed by atoms with E-state index in [0.29, 0.717) is 17.5 Å². The Bertz CT molecular complexity index is 1410. The van der Waals surface area contributed by atoms with Gasteiger partial charge in [0.05, 0.1) is 5.71 Å². The molecule has 0 aromatic carbocycles. The summed E-state index contributed by atoms with van der Waals surface area (Å²) in [6, 6.07) is 2.29. The molecular formula is C35H42N4. The highest BCUT2D eigenvalue weighted by Gasteiger charge is 2.47. The Morgan fingerprint density at radius 1 is 1.26 bits per heavy atom. The Balaban J connectivity index is 1.30. The van der Waals surface area contributed by atoms with Crippen molar-refractivity contribution in [3.63, 3.8) is 0 Å². The third-order valence-corrected chi connectivity index (χ3v) is 10.6. The van der Waals surface area contributed by atoms with E-state index < -0.39 is 0 Å². The van der Waals surface area contributed by atoms with Gasteiger partial charge >= 0.3 is 0 Å². The summed E-state index contributed by atoms with van der Waals surface area (Å²) in [6.07, 6.45) is 17.9. The first-order valence-electron chi connectivity index (χ1n) is 14.9. The molecular weight excluding hydrogens is 476 g/mol. The Morgan fingerprint density at radius 2 is 2.00 bits per heavy atom. The third kappa shape index (κ3) is 3.83. The van der Waals surface area contributed by atoms with Crippen LogP contribution >= 0.6 is 0 Å². The van der Waals surface area contributed by atoms with Crippen molar-refractivity contribution in [2.24, 2.45) is 17.3 Å². The smallest absolute Gasteiger partial charge is 0.128 e. The molecule has 4 nitrogen and oxygen atoms in total. The summed E-state index contributed by atoms with van der Waals surface area (Å²) in [7, 11) is 0. The number of piperidine rings is 1. The van der Waals surface area contributed by atoms with Gasteiger partial charge in [-0.05, 0) is 83.8 Å². The molecule has 1 aliphatic heterocycles. The minimum atomic E-state index is -0.339. The van der Waals surface area contributed by atoms with Gasteiger partial charge in [0.25, 0.3) is 0 Å². The van der Waals surface area contributed by atoms with Gasteiger partial charge in [-0.2, -0.15) is 0 Å². The molecule has 5 aliphatic rings. The quantitative estimate of drug-likeness (QED) is 0.295. The number of anilines is 1. The molecule has 0 amide bonds. The maximum atomic E-state index is 9.31. The number of aromatic nitrogens is 1. The summed E-state index contributed by atoms with van der Waals surface area (Å²) in [4.78, 5) is 7.50. The van der Waals surface area contributed by atoms with Crippen LogP contribution in [0.25, 0.3) is 5.57 Å². The van der Waals surface area contributed by atoms with E-state index in [1.54, 1.807) is 0 Å². The minimum absolute atomic E-state index is 0.0669. The molecule has 1 aromatic heterocycles. The number of rotatable bonds is 6. The van der Waals surface area contributed by atoms with Crippen molar-refractivity contribution in [3.8, 4) is 0 Å². The van der Waals surface area contributed by atoms with Crippen LogP contribution in [0.1, 0.15) is 83.3 Å². The van der Waals surface area contributed by atoms with Crippen LogP contribution in [0.2, 0.25) is 0 Å². The number of hydrogen-bond donors (Lipinski definition) is 2. The van der Waals surface area contributed by atoms with E-state index in [1.165, 1.54) is 56.7 Å². The van der Waals surface area contributed by atoms with Crippen LogP contribution in [0.15, 0.2) is 71.2 Å². The first-order chi connectivity index (χ1) is 18.8. The molecule has 1 atom stereocenters. The Labute approximate surface area is 234 Å². The average Bonchev–Trinajstić information content (AvgIpc) is 3.23. The summed E-state index contributed by atoms with van der Waals surface area (Å²) in [5.41, 5.74) is 12.5. The zero-order chi connectivity index (χ0) is 27.5. The van der Waals surface area contributed by atoms with Crippen molar-refractivity contribution in [1.29, 1.82) is 10.8 Å². The van der Waals surface area contributed by atoms with Crippen molar-refractivity contribution >= 4 is 23.3 Å². The molecule has 202 valence electrons. The van der Waals surface area contributed by atoms with Crippen LogP contribution in [0.3, 0.4) is 0 Å².